The molecule has 5 nitrogen and oxygen atoms in total. The van der Waals surface area contributed by atoms with Crippen molar-refractivity contribution in [2.45, 2.75) is 26.8 Å². The minimum atomic E-state index is 0.113. The van der Waals surface area contributed by atoms with Crippen LogP contribution in [0.1, 0.15) is 30.0 Å². The zero-order valence-corrected chi connectivity index (χ0v) is 10.2. The Bertz CT molecular complexity index is 521. The lowest BCUT2D eigenvalue weighted by atomic mass is 10.1. The Hall–Kier alpha value is -2.04. The van der Waals surface area contributed by atoms with Crippen LogP contribution in [0.2, 0.25) is 0 Å². The summed E-state index contributed by atoms with van der Waals surface area (Å²) in [6.45, 7) is 5.94. The molecule has 2 aromatic rings. The highest BCUT2D eigenvalue weighted by molar-refractivity contribution is 5.45. The number of nitrogen functional groups attached to an aromatic ring is 1. The molecule has 1 unspecified atom stereocenters. The van der Waals surface area contributed by atoms with Gasteiger partial charge in [-0.25, -0.2) is 9.97 Å². The average Bonchev–Trinajstić information content (AvgIpc) is 2.58. The van der Waals surface area contributed by atoms with Gasteiger partial charge in [-0.3, -0.25) is 0 Å². The maximum absolute atomic E-state index is 5.60. The second-order valence-corrected chi connectivity index (χ2v) is 4.06. The minimum Gasteiger partial charge on any atom is -0.466 e. The molecule has 3 N–H and O–H groups in total. The molecule has 17 heavy (non-hydrogen) atoms. The molecule has 2 aromatic heterocycles. The van der Waals surface area contributed by atoms with Gasteiger partial charge in [-0.2, -0.15) is 0 Å². The van der Waals surface area contributed by atoms with Crippen molar-refractivity contribution in [3.05, 3.63) is 35.5 Å². The van der Waals surface area contributed by atoms with Gasteiger partial charge in [0.15, 0.2) is 0 Å². The third kappa shape index (κ3) is 2.55. The second-order valence-electron chi connectivity index (χ2n) is 4.06. The lowest BCUT2D eigenvalue weighted by Gasteiger charge is -2.13. The Balaban J connectivity index is 2.16. The van der Waals surface area contributed by atoms with Gasteiger partial charge >= 0.3 is 0 Å². The van der Waals surface area contributed by atoms with Gasteiger partial charge in [0, 0.05) is 11.6 Å². The van der Waals surface area contributed by atoms with E-state index < -0.39 is 0 Å². The number of aromatic nitrogens is 2. The Morgan fingerprint density at radius 1 is 1.29 bits per heavy atom. The normalized spacial score (nSPS) is 12.4. The zero-order chi connectivity index (χ0) is 12.4. The molecule has 0 aromatic carbocycles. The monoisotopic (exact) mass is 232 g/mol. The molecule has 0 saturated heterocycles. The van der Waals surface area contributed by atoms with Crippen LogP contribution in [0.3, 0.4) is 0 Å². The molecule has 0 aliphatic carbocycles. The quantitative estimate of drug-likeness (QED) is 0.849. The lowest BCUT2D eigenvalue weighted by Crippen LogP contribution is -2.08. The summed E-state index contributed by atoms with van der Waals surface area (Å²) in [5, 5.41) is 3.26. The fourth-order valence-corrected chi connectivity index (χ4v) is 1.83. The minimum absolute atomic E-state index is 0.113. The summed E-state index contributed by atoms with van der Waals surface area (Å²) in [5.74, 6) is 3.00. The highest BCUT2D eigenvalue weighted by atomic mass is 16.3. The van der Waals surface area contributed by atoms with Crippen LogP contribution in [0.4, 0.5) is 11.6 Å². The topological polar surface area (TPSA) is 77.0 Å². The molecule has 0 bridgehead atoms. The van der Waals surface area contributed by atoms with E-state index in [0.29, 0.717) is 11.6 Å². The SMILES string of the molecule is Cc1cc(C(C)Nc2cc(N)ncn2)c(C)o1. The number of nitrogens with one attached hydrogen (secondary N) is 1. The summed E-state index contributed by atoms with van der Waals surface area (Å²) < 4.78 is 5.50. The van der Waals surface area contributed by atoms with Gasteiger partial charge in [0.25, 0.3) is 0 Å². The molecule has 0 radical (unpaired) electrons. The molecule has 0 saturated carbocycles. The summed E-state index contributed by atoms with van der Waals surface area (Å²) in [7, 11) is 0. The Kier molecular flexibility index (Phi) is 2.99. The molecule has 2 rings (SSSR count). The van der Waals surface area contributed by atoms with E-state index in [2.05, 4.69) is 22.2 Å². The Morgan fingerprint density at radius 3 is 2.65 bits per heavy atom. The van der Waals surface area contributed by atoms with Gasteiger partial charge in [-0.05, 0) is 26.8 Å². The largest absolute Gasteiger partial charge is 0.466 e. The van der Waals surface area contributed by atoms with E-state index in [-0.39, 0.29) is 6.04 Å². The molecule has 0 aliphatic heterocycles. The summed E-state index contributed by atoms with van der Waals surface area (Å²) in [6.07, 6.45) is 1.44. The zero-order valence-electron chi connectivity index (χ0n) is 10.2. The van der Waals surface area contributed by atoms with Gasteiger partial charge in [-0.1, -0.05) is 0 Å². The standard InChI is InChI=1S/C12H16N4O/c1-7-4-10(9(3)17-7)8(2)16-12-5-11(13)14-6-15-12/h4-6,8H,1-3H3,(H3,13,14,15,16). The predicted octanol–water partition coefficient (Wildman–Crippen LogP) is 2.44. The van der Waals surface area contributed by atoms with E-state index in [1.807, 2.05) is 19.9 Å². The fraction of sp³-hybridized carbons (Fsp3) is 0.333. The first-order valence-electron chi connectivity index (χ1n) is 5.47. The van der Waals surface area contributed by atoms with Crippen LogP contribution in [-0.4, -0.2) is 9.97 Å². The first kappa shape index (κ1) is 11.4. The molecule has 2 heterocycles. The van der Waals surface area contributed by atoms with Crippen molar-refractivity contribution in [2.75, 3.05) is 11.1 Å². The van der Waals surface area contributed by atoms with Gasteiger partial charge in [-0.15, -0.1) is 0 Å². The number of hydrogen-bond acceptors (Lipinski definition) is 5. The third-order valence-corrected chi connectivity index (χ3v) is 2.60. The summed E-state index contributed by atoms with van der Waals surface area (Å²) in [6, 6.07) is 3.85. The summed E-state index contributed by atoms with van der Waals surface area (Å²) in [4.78, 5) is 7.96. The van der Waals surface area contributed by atoms with E-state index in [0.717, 1.165) is 17.1 Å². The Labute approximate surface area is 100 Å². The fourth-order valence-electron chi connectivity index (χ4n) is 1.83. The second kappa shape index (κ2) is 4.45. The lowest BCUT2D eigenvalue weighted by molar-refractivity contribution is 0.500. The van der Waals surface area contributed by atoms with Gasteiger partial charge in [0.2, 0.25) is 0 Å². The molecule has 90 valence electrons. The molecule has 0 amide bonds. The maximum Gasteiger partial charge on any atom is 0.131 e. The van der Waals surface area contributed by atoms with Gasteiger partial charge in [0.05, 0.1) is 6.04 Å². The molecule has 0 spiro atoms. The van der Waals surface area contributed by atoms with Crippen LogP contribution in [0, 0.1) is 13.8 Å². The first-order chi connectivity index (χ1) is 8.06. The number of nitrogens with zero attached hydrogens (tertiary/aromatic N) is 2. The van der Waals surface area contributed by atoms with Gasteiger partial charge in [0.1, 0.15) is 29.5 Å². The van der Waals surface area contributed by atoms with E-state index in [4.69, 9.17) is 10.2 Å². The van der Waals surface area contributed by atoms with Gasteiger partial charge < -0.3 is 15.5 Å². The number of rotatable bonds is 3. The van der Waals surface area contributed by atoms with Crippen molar-refractivity contribution in [1.29, 1.82) is 0 Å². The molecular weight excluding hydrogens is 216 g/mol. The Morgan fingerprint density at radius 2 is 2.06 bits per heavy atom. The van der Waals surface area contributed by atoms with E-state index in [1.54, 1.807) is 6.07 Å². The van der Waals surface area contributed by atoms with Crippen molar-refractivity contribution in [3.63, 3.8) is 0 Å². The molecular formula is C12H16N4O. The molecule has 5 heteroatoms. The van der Waals surface area contributed by atoms with Crippen LogP contribution in [0.25, 0.3) is 0 Å². The summed E-state index contributed by atoms with van der Waals surface area (Å²) >= 11 is 0. The van der Waals surface area contributed by atoms with Crippen LogP contribution >= 0.6 is 0 Å². The molecule has 0 fully saturated rings. The van der Waals surface area contributed by atoms with Crippen molar-refractivity contribution >= 4 is 11.6 Å². The third-order valence-electron chi connectivity index (χ3n) is 2.60. The number of anilines is 2. The maximum atomic E-state index is 5.60. The van der Waals surface area contributed by atoms with Crippen LogP contribution in [0.5, 0.6) is 0 Å². The number of aryl methyl sites for hydroxylation is 2. The highest BCUT2D eigenvalue weighted by Crippen LogP contribution is 2.24. The number of hydrogen-bond donors (Lipinski definition) is 2. The predicted molar refractivity (Wildman–Crippen MR) is 66.7 cm³/mol. The molecule has 0 aliphatic rings. The van der Waals surface area contributed by atoms with Crippen LogP contribution in [0.15, 0.2) is 22.9 Å². The number of nitrogens with two attached hydrogens (primary N) is 1. The van der Waals surface area contributed by atoms with Crippen molar-refractivity contribution in [1.82, 2.24) is 9.97 Å². The van der Waals surface area contributed by atoms with E-state index >= 15 is 0 Å². The smallest absolute Gasteiger partial charge is 0.131 e. The first-order valence-corrected chi connectivity index (χ1v) is 5.47. The van der Waals surface area contributed by atoms with Crippen LogP contribution in [-0.2, 0) is 0 Å². The van der Waals surface area contributed by atoms with Crippen LogP contribution < -0.4 is 11.1 Å². The van der Waals surface area contributed by atoms with Crippen molar-refractivity contribution in [3.8, 4) is 0 Å². The van der Waals surface area contributed by atoms with Crippen molar-refractivity contribution < 1.29 is 4.42 Å². The highest BCUT2D eigenvalue weighted by Gasteiger charge is 2.12. The average molecular weight is 232 g/mol. The van der Waals surface area contributed by atoms with Crippen molar-refractivity contribution in [2.24, 2.45) is 0 Å². The summed E-state index contributed by atoms with van der Waals surface area (Å²) in [5.41, 5.74) is 6.72. The number of furan rings is 1. The van der Waals surface area contributed by atoms with E-state index in [9.17, 15) is 0 Å². The van der Waals surface area contributed by atoms with E-state index in [1.165, 1.54) is 6.33 Å². The molecule has 1 atom stereocenters.